The van der Waals surface area contributed by atoms with Crippen LogP contribution in [0.4, 0.5) is 5.69 Å². The molecule has 0 aliphatic carbocycles. The molecule has 0 saturated carbocycles. The second-order valence-corrected chi connectivity index (χ2v) is 8.81. The van der Waals surface area contributed by atoms with Gasteiger partial charge in [-0.15, -0.1) is 0 Å². The number of rotatable bonds is 8. The summed E-state index contributed by atoms with van der Waals surface area (Å²) in [6, 6.07) is 10.9. The Morgan fingerprint density at radius 3 is 2.44 bits per heavy atom. The summed E-state index contributed by atoms with van der Waals surface area (Å²) < 4.78 is 16.2. The average Bonchev–Trinajstić information content (AvgIpc) is 2.83. The fourth-order valence-corrected chi connectivity index (χ4v) is 4.58. The predicted molar refractivity (Wildman–Crippen MR) is 132 cm³/mol. The molecule has 178 valence electrons. The van der Waals surface area contributed by atoms with Crippen molar-refractivity contribution in [1.29, 1.82) is 5.26 Å². The number of hydrogen-bond acceptors (Lipinski definition) is 7. The minimum atomic E-state index is -0.533. The first-order valence-corrected chi connectivity index (χ1v) is 11.6. The minimum absolute atomic E-state index is 0.00569. The Balaban J connectivity index is 1.85. The monoisotopic (exact) mass is 501 g/mol. The summed E-state index contributed by atoms with van der Waals surface area (Å²) in [7, 11) is 4.49. The van der Waals surface area contributed by atoms with Crippen LogP contribution in [0.3, 0.4) is 0 Å². The van der Waals surface area contributed by atoms with E-state index in [9.17, 15) is 14.9 Å². The number of nitrogens with one attached hydrogen (secondary N) is 2. The molecule has 2 aromatic carbocycles. The third-order valence-corrected chi connectivity index (χ3v) is 6.67. The number of thioether (sulfide) groups is 1. The molecular weight excluding hydrogens is 478 g/mol. The summed E-state index contributed by atoms with van der Waals surface area (Å²) in [5.74, 6) is 0.169. The number of carbonyl (C=O) groups is 2. The Labute approximate surface area is 207 Å². The van der Waals surface area contributed by atoms with Crippen molar-refractivity contribution in [3.63, 3.8) is 0 Å². The first kappa shape index (κ1) is 25.3. The van der Waals surface area contributed by atoms with Gasteiger partial charge in [-0.05, 0) is 42.3 Å². The van der Waals surface area contributed by atoms with Crippen molar-refractivity contribution in [1.82, 2.24) is 5.32 Å². The van der Waals surface area contributed by atoms with E-state index in [1.54, 1.807) is 24.3 Å². The van der Waals surface area contributed by atoms with E-state index in [4.69, 9.17) is 25.8 Å². The molecule has 34 heavy (non-hydrogen) atoms. The summed E-state index contributed by atoms with van der Waals surface area (Å²) >= 11 is 7.20. The van der Waals surface area contributed by atoms with Gasteiger partial charge in [0.25, 0.3) is 0 Å². The van der Waals surface area contributed by atoms with Gasteiger partial charge in [0, 0.05) is 23.0 Å². The van der Waals surface area contributed by atoms with Crippen molar-refractivity contribution in [2.45, 2.75) is 19.3 Å². The molecule has 0 unspecified atom stereocenters. The Hall–Kier alpha value is -3.35. The number of anilines is 1. The van der Waals surface area contributed by atoms with Gasteiger partial charge in [0.2, 0.25) is 17.6 Å². The molecule has 2 N–H and O–H groups in total. The fourth-order valence-electron chi connectivity index (χ4n) is 3.53. The molecule has 8 nitrogen and oxygen atoms in total. The van der Waals surface area contributed by atoms with Gasteiger partial charge in [0.1, 0.15) is 0 Å². The van der Waals surface area contributed by atoms with E-state index in [0.29, 0.717) is 44.1 Å². The Morgan fingerprint density at radius 2 is 1.88 bits per heavy atom. The van der Waals surface area contributed by atoms with Crippen molar-refractivity contribution in [2.24, 2.45) is 0 Å². The molecule has 10 heteroatoms. The van der Waals surface area contributed by atoms with Crippen LogP contribution in [0.25, 0.3) is 0 Å². The number of amides is 2. The van der Waals surface area contributed by atoms with Gasteiger partial charge < -0.3 is 24.8 Å². The SMILES string of the molecule is COc1cc([C@@H]2CC(=O)NC(SCC(=O)Nc3ccc(C)c(Cl)c3)=C2C#N)cc(OC)c1OC. The lowest BCUT2D eigenvalue weighted by Crippen LogP contribution is -2.31. The van der Waals surface area contributed by atoms with Crippen LogP contribution in [-0.2, 0) is 9.59 Å². The summed E-state index contributed by atoms with van der Waals surface area (Å²) in [4.78, 5) is 25.0. The first-order chi connectivity index (χ1) is 16.3. The Bertz CT molecular complexity index is 1170. The zero-order valence-corrected chi connectivity index (χ0v) is 20.7. The number of nitrogens with zero attached hydrogens (tertiary/aromatic N) is 1. The minimum Gasteiger partial charge on any atom is -0.493 e. The molecule has 2 amide bonds. The molecule has 0 bridgehead atoms. The molecule has 0 radical (unpaired) electrons. The van der Waals surface area contributed by atoms with E-state index in [1.165, 1.54) is 21.3 Å². The standard InChI is InChI=1S/C24H24ClN3O5S/c1-13-5-6-15(9-18(13)25)27-22(30)12-34-24-17(11-26)16(10-21(29)28-24)14-7-19(31-2)23(33-4)20(8-14)32-3/h5-9,16H,10,12H2,1-4H3,(H,27,30)(H,28,29)/t16-/m0/s1. The fraction of sp³-hybridized carbons (Fsp3) is 0.292. The quantitative estimate of drug-likeness (QED) is 0.552. The molecule has 1 atom stereocenters. The number of allylic oxidation sites excluding steroid dienone is 1. The van der Waals surface area contributed by atoms with Crippen LogP contribution in [0.2, 0.25) is 5.02 Å². The molecular formula is C24H24ClN3O5S. The largest absolute Gasteiger partial charge is 0.493 e. The lowest BCUT2D eigenvalue weighted by Gasteiger charge is -2.26. The van der Waals surface area contributed by atoms with Crippen LogP contribution in [0, 0.1) is 18.3 Å². The topological polar surface area (TPSA) is 110 Å². The number of benzene rings is 2. The van der Waals surface area contributed by atoms with Crippen molar-refractivity contribution in [3.8, 4) is 23.3 Å². The smallest absolute Gasteiger partial charge is 0.234 e. The maximum absolute atomic E-state index is 12.5. The highest BCUT2D eigenvalue weighted by Crippen LogP contribution is 2.44. The van der Waals surface area contributed by atoms with Crippen LogP contribution < -0.4 is 24.8 Å². The van der Waals surface area contributed by atoms with E-state index < -0.39 is 5.92 Å². The van der Waals surface area contributed by atoms with E-state index in [1.807, 2.05) is 13.0 Å². The average molecular weight is 502 g/mol. The molecule has 0 spiro atoms. The predicted octanol–water partition coefficient (Wildman–Crippen LogP) is 4.38. The third-order valence-electron chi connectivity index (χ3n) is 5.25. The zero-order chi connectivity index (χ0) is 24.8. The number of carbonyl (C=O) groups excluding carboxylic acids is 2. The maximum Gasteiger partial charge on any atom is 0.234 e. The van der Waals surface area contributed by atoms with Gasteiger partial charge >= 0.3 is 0 Å². The number of ether oxygens (including phenoxy) is 3. The highest BCUT2D eigenvalue weighted by atomic mass is 35.5. The van der Waals surface area contributed by atoms with E-state index >= 15 is 0 Å². The summed E-state index contributed by atoms with van der Waals surface area (Å²) in [5, 5.41) is 16.3. The Morgan fingerprint density at radius 1 is 1.21 bits per heavy atom. The van der Waals surface area contributed by atoms with Crippen LogP contribution >= 0.6 is 23.4 Å². The number of hydrogen-bond donors (Lipinski definition) is 2. The Kier molecular flexibility index (Phi) is 8.31. The molecule has 0 saturated heterocycles. The van der Waals surface area contributed by atoms with Crippen LogP contribution in [0.1, 0.15) is 23.5 Å². The van der Waals surface area contributed by atoms with E-state index in [2.05, 4.69) is 16.7 Å². The maximum atomic E-state index is 12.5. The first-order valence-electron chi connectivity index (χ1n) is 10.2. The van der Waals surface area contributed by atoms with Gasteiger partial charge in [0.05, 0.1) is 43.8 Å². The second kappa shape index (κ2) is 11.2. The number of nitriles is 1. The highest BCUT2D eigenvalue weighted by molar-refractivity contribution is 8.03. The van der Waals surface area contributed by atoms with Gasteiger partial charge in [-0.1, -0.05) is 29.4 Å². The normalized spacial score (nSPS) is 15.3. The molecule has 3 rings (SSSR count). The third kappa shape index (κ3) is 5.58. The summed E-state index contributed by atoms with van der Waals surface area (Å²) in [6.45, 7) is 1.87. The zero-order valence-electron chi connectivity index (χ0n) is 19.2. The molecule has 2 aromatic rings. The van der Waals surface area contributed by atoms with Gasteiger partial charge in [-0.2, -0.15) is 5.26 Å². The summed E-state index contributed by atoms with van der Waals surface area (Å²) in [5.41, 5.74) is 2.49. The summed E-state index contributed by atoms with van der Waals surface area (Å²) in [6.07, 6.45) is 0.0691. The van der Waals surface area contributed by atoms with E-state index in [-0.39, 0.29) is 24.0 Å². The van der Waals surface area contributed by atoms with Crippen LogP contribution in [0.5, 0.6) is 17.2 Å². The molecule has 0 aromatic heterocycles. The van der Waals surface area contributed by atoms with Crippen molar-refractivity contribution in [2.75, 3.05) is 32.4 Å². The van der Waals surface area contributed by atoms with Gasteiger partial charge in [-0.3, -0.25) is 9.59 Å². The van der Waals surface area contributed by atoms with Crippen molar-refractivity contribution in [3.05, 3.63) is 57.1 Å². The lowest BCUT2D eigenvalue weighted by atomic mass is 9.86. The lowest BCUT2D eigenvalue weighted by molar-refractivity contribution is -0.121. The van der Waals surface area contributed by atoms with Crippen molar-refractivity contribution >= 4 is 40.9 Å². The second-order valence-electron chi connectivity index (χ2n) is 7.42. The number of aryl methyl sites for hydroxylation is 1. The van der Waals surface area contributed by atoms with Gasteiger partial charge in [0.15, 0.2) is 11.5 Å². The van der Waals surface area contributed by atoms with Crippen molar-refractivity contribution < 1.29 is 23.8 Å². The van der Waals surface area contributed by atoms with E-state index in [0.717, 1.165) is 17.3 Å². The number of methoxy groups -OCH3 is 3. The highest BCUT2D eigenvalue weighted by Gasteiger charge is 2.31. The van der Waals surface area contributed by atoms with Crippen LogP contribution in [0.15, 0.2) is 40.9 Å². The molecule has 1 aliphatic heterocycles. The number of halogens is 1. The molecule has 1 aliphatic rings. The molecule has 0 fully saturated rings. The molecule has 1 heterocycles. The van der Waals surface area contributed by atoms with Crippen LogP contribution in [-0.4, -0.2) is 38.9 Å². The van der Waals surface area contributed by atoms with Gasteiger partial charge in [-0.25, -0.2) is 0 Å².